The Kier molecular flexibility index (Phi) is 7.09. The first-order valence-corrected chi connectivity index (χ1v) is 10.2. The van der Waals surface area contributed by atoms with Crippen LogP contribution in [-0.2, 0) is 16.1 Å². The zero-order valence-electron chi connectivity index (χ0n) is 16.3. The van der Waals surface area contributed by atoms with Crippen molar-refractivity contribution in [3.05, 3.63) is 76.1 Å². The van der Waals surface area contributed by atoms with Gasteiger partial charge in [-0.15, -0.1) is 0 Å². The van der Waals surface area contributed by atoms with Gasteiger partial charge in [0.15, 0.2) is 0 Å². The van der Waals surface area contributed by atoms with Gasteiger partial charge in [0.2, 0.25) is 11.8 Å². The summed E-state index contributed by atoms with van der Waals surface area (Å²) in [5.41, 5.74) is 1.98. The van der Waals surface area contributed by atoms with Crippen molar-refractivity contribution in [3.8, 4) is 11.8 Å². The molecule has 1 aliphatic rings. The number of ether oxygens (including phenoxy) is 1. The highest BCUT2D eigenvalue weighted by atomic mass is 32.2. The second-order valence-electron chi connectivity index (χ2n) is 6.62. The summed E-state index contributed by atoms with van der Waals surface area (Å²) in [7, 11) is 1.59. The van der Waals surface area contributed by atoms with Crippen LogP contribution in [0.25, 0.3) is 0 Å². The van der Waals surface area contributed by atoms with Gasteiger partial charge in [-0.2, -0.15) is 5.26 Å². The van der Waals surface area contributed by atoms with Crippen molar-refractivity contribution in [1.82, 2.24) is 10.6 Å². The van der Waals surface area contributed by atoms with Crippen molar-refractivity contribution in [2.24, 2.45) is 0 Å². The molecule has 0 aliphatic carbocycles. The summed E-state index contributed by atoms with van der Waals surface area (Å²) in [6, 6.07) is 15.2. The second kappa shape index (κ2) is 9.94. The number of amides is 2. The zero-order chi connectivity index (χ0) is 21.5. The maximum absolute atomic E-state index is 13.2. The number of hydrogen-bond donors (Lipinski definition) is 2. The van der Waals surface area contributed by atoms with E-state index in [4.69, 9.17) is 4.74 Å². The molecule has 6 nitrogen and oxygen atoms in total. The van der Waals surface area contributed by atoms with Gasteiger partial charge in [0.1, 0.15) is 11.6 Å². The molecule has 0 saturated carbocycles. The quantitative estimate of drug-likeness (QED) is 0.711. The third-order valence-electron chi connectivity index (χ3n) is 4.62. The van der Waals surface area contributed by atoms with E-state index in [-0.39, 0.29) is 29.8 Å². The molecule has 0 spiro atoms. The van der Waals surface area contributed by atoms with E-state index in [1.807, 2.05) is 24.3 Å². The van der Waals surface area contributed by atoms with Gasteiger partial charge >= 0.3 is 0 Å². The minimum atomic E-state index is -0.464. The van der Waals surface area contributed by atoms with Crippen LogP contribution in [0, 0.1) is 17.1 Å². The Morgan fingerprint density at radius 2 is 1.97 bits per heavy atom. The molecule has 8 heteroatoms. The number of carbonyl (C=O) groups excluding carboxylic acids is 2. The van der Waals surface area contributed by atoms with Crippen LogP contribution in [0.1, 0.15) is 23.5 Å². The molecule has 0 radical (unpaired) electrons. The highest BCUT2D eigenvalue weighted by Gasteiger charge is 2.29. The molecule has 2 N–H and O–H groups in total. The van der Waals surface area contributed by atoms with Crippen LogP contribution in [0.3, 0.4) is 0 Å². The van der Waals surface area contributed by atoms with Crippen LogP contribution in [0.15, 0.2) is 59.1 Å². The monoisotopic (exact) mass is 425 g/mol. The van der Waals surface area contributed by atoms with E-state index in [1.54, 1.807) is 19.2 Å². The van der Waals surface area contributed by atoms with Crippen LogP contribution in [0.4, 0.5) is 4.39 Å². The normalized spacial score (nSPS) is 15.9. The van der Waals surface area contributed by atoms with E-state index in [2.05, 4.69) is 16.7 Å². The number of nitrogens with zero attached hydrogens (tertiary/aromatic N) is 1. The Morgan fingerprint density at radius 1 is 1.27 bits per heavy atom. The van der Waals surface area contributed by atoms with Crippen molar-refractivity contribution >= 4 is 23.6 Å². The Morgan fingerprint density at radius 3 is 2.60 bits per heavy atom. The average molecular weight is 425 g/mol. The predicted molar refractivity (Wildman–Crippen MR) is 112 cm³/mol. The van der Waals surface area contributed by atoms with E-state index in [1.165, 1.54) is 12.1 Å². The Bertz CT molecular complexity index is 998. The molecule has 3 rings (SSSR count). The van der Waals surface area contributed by atoms with Crippen molar-refractivity contribution < 1.29 is 18.7 Å². The minimum Gasteiger partial charge on any atom is -0.497 e. The van der Waals surface area contributed by atoms with Crippen LogP contribution in [-0.4, -0.2) is 24.7 Å². The molecule has 1 atom stereocenters. The number of methoxy groups -OCH3 is 1. The lowest BCUT2D eigenvalue weighted by molar-refractivity contribution is -0.121. The predicted octanol–water partition coefficient (Wildman–Crippen LogP) is 3.22. The molecular formula is C22H20FN3O3S. The summed E-state index contributed by atoms with van der Waals surface area (Å²) in [5, 5.41) is 15.5. The standard InChI is InChI=1S/C22H20FN3O3S/c1-29-17-8-2-14(3-9-17)12-25-21(28)13-30-22-19(11-24)18(10-20(27)26-22)15-4-6-16(23)7-5-15/h2-9,18H,10,12-13H2,1H3,(H,25,28)(H,26,27)/t18-/m1/s1. The molecule has 0 fully saturated rings. The van der Waals surface area contributed by atoms with Crippen LogP contribution >= 0.6 is 11.8 Å². The van der Waals surface area contributed by atoms with Crippen molar-refractivity contribution in [1.29, 1.82) is 5.26 Å². The number of allylic oxidation sites excluding steroid dienone is 1. The fourth-order valence-electron chi connectivity index (χ4n) is 3.05. The smallest absolute Gasteiger partial charge is 0.230 e. The third kappa shape index (κ3) is 5.39. The number of nitriles is 1. The van der Waals surface area contributed by atoms with Crippen LogP contribution < -0.4 is 15.4 Å². The molecule has 0 aromatic heterocycles. The minimum absolute atomic E-state index is 0.0487. The summed E-state index contributed by atoms with van der Waals surface area (Å²) < 4.78 is 18.3. The molecule has 0 bridgehead atoms. The fourth-order valence-corrected chi connectivity index (χ4v) is 3.95. The molecule has 154 valence electrons. The van der Waals surface area contributed by atoms with Gasteiger partial charge < -0.3 is 15.4 Å². The molecular weight excluding hydrogens is 405 g/mol. The SMILES string of the molecule is COc1ccc(CNC(=O)CSC2=C(C#N)[C@@H](c3ccc(F)cc3)CC(=O)N2)cc1. The van der Waals surface area contributed by atoms with E-state index in [9.17, 15) is 19.2 Å². The second-order valence-corrected chi connectivity index (χ2v) is 7.61. The van der Waals surface area contributed by atoms with Gasteiger partial charge in [-0.25, -0.2) is 4.39 Å². The molecule has 2 aromatic rings. The van der Waals surface area contributed by atoms with E-state index in [0.29, 0.717) is 22.7 Å². The highest BCUT2D eigenvalue weighted by Crippen LogP contribution is 2.35. The average Bonchev–Trinajstić information content (AvgIpc) is 2.76. The summed E-state index contributed by atoms with van der Waals surface area (Å²) in [6.45, 7) is 0.359. The first-order chi connectivity index (χ1) is 14.5. The summed E-state index contributed by atoms with van der Waals surface area (Å²) in [6.07, 6.45) is 0.0995. The summed E-state index contributed by atoms with van der Waals surface area (Å²) in [4.78, 5) is 24.4. The summed E-state index contributed by atoms with van der Waals surface area (Å²) >= 11 is 1.10. The lowest BCUT2D eigenvalue weighted by Gasteiger charge is -2.25. The lowest BCUT2D eigenvalue weighted by atomic mass is 9.87. The number of carbonyl (C=O) groups is 2. The number of rotatable bonds is 7. The van der Waals surface area contributed by atoms with Gasteiger partial charge in [-0.1, -0.05) is 36.0 Å². The molecule has 30 heavy (non-hydrogen) atoms. The van der Waals surface area contributed by atoms with Gasteiger partial charge in [-0.3, -0.25) is 9.59 Å². The Labute approximate surface area is 178 Å². The van der Waals surface area contributed by atoms with Gasteiger partial charge in [-0.05, 0) is 35.4 Å². The maximum Gasteiger partial charge on any atom is 0.230 e. The molecule has 2 aromatic carbocycles. The third-order valence-corrected chi connectivity index (χ3v) is 5.64. The van der Waals surface area contributed by atoms with Crippen molar-refractivity contribution in [3.63, 3.8) is 0 Å². The number of thioether (sulfide) groups is 1. The van der Waals surface area contributed by atoms with E-state index < -0.39 is 5.92 Å². The first kappa shape index (κ1) is 21.4. The van der Waals surface area contributed by atoms with Gasteiger partial charge in [0.25, 0.3) is 0 Å². The van der Waals surface area contributed by atoms with Crippen molar-refractivity contribution in [2.45, 2.75) is 18.9 Å². The van der Waals surface area contributed by atoms with Gasteiger partial charge in [0.05, 0.1) is 29.5 Å². The lowest BCUT2D eigenvalue weighted by Crippen LogP contribution is -2.32. The number of hydrogen-bond acceptors (Lipinski definition) is 5. The largest absolute Gasteiger partial charge is 0.497 e. The molecule has 1 heterocycles. The molecule has 2 amide bonds. The van der Waals surface area contributed by atoms with Gasteiger partial charge in [0, 0.05) is 18.9 Å². The zero-order valence-corrected chi connectivity index (χ0v) is 17.1. The number of benzene rings is 2. The van der Waals surface area contributed by atoms with E-state index in [0.717, 1.165) is 23.1 Å². The topological polar surface area (TPSA) is 91.2 Å². The Hall–Kier alpha value is -3.31. The Balaban J connectivity index is 1.64. The molecule has 1 aliphatic heterocycles. The summed E-state index contributed by atoms with van der Waals surface area (Å²) in [5.74, 6) is -0.532. The van der Waals surface area contributed by atoms with Crippen LogP contribution in [0.2, 0.25) is 0 Å². The highest BCUT2D eigenvalue weighted by molar-refractivity contribution is 8.03. The number of halogens is 1. The molecule has 0 unspecified atom stereocenters. The maximum atomic E-state index is 13.2. The van der Waals surface area contributed by atoms with Crippen LogP contribution in [0.5, 0.6) is 5.75 Å². The first-order valence-electron chi connectivity index (χ1n) is 9.22. The fraction of sp³-hybridized carbons (Fsp3) is 0.227. The van der Waals surface area contributed by atoms with E-state index >= 15 is 0 Å². The number of nitrogens with one attached hydrogen (secondary N) is 2. The van der Waals surface area contributed by atoms with Crippen molar-refractivity contribution in [2.75, 3.05) is 12.9 Å². The molecule has 0 saturated heterocycles.